The van der Waals surface area contributed by atoms with Crippen molar-refractivity contribution >= 4 is 17.7 Å². The van der Waals surface area contributed by atoms with Gasteiger partial charge in [0.2, 0.25) is 11.8 Å². The highest BCUT2D eigenvalue weighted by Gasteiger charge is 2.12. The molecule has 1 atom stereocenters. The summed E-state index contributed by atoms with van der Waals surface area (Å²) in [5, 5.41) is 11.3. The second-order valence-corrected chi connectivity index (χ2v) is 6.07. The molecule has 1 heterocycles. The second-order valence-electron chi connectivity index (χ2n) is 5.15. The van der Waals surface area contributed by atoms with Crippen LogP contribution in [0.3, 0.4) is 0 Å². The molecule has 0 fully saturated rings. The number of carbonyl (C=O) groups is 1. The summed E-state index contributed by atoms with van der Waals surface area (Å²) in [7, 11) is 1.61. The largest absolute Gasteiger partial charge is 0.497 e. The maximum Gasteiger partial charge on any atom is 0.277 e. The van der Waals surface area contributed by atoms with Gasteiger partial charge in [-0.25, -0.2) is 0 Å². The minimum atomic E-state index is -0.0276. The molecule has 1 amide bonds. The van der Waals surface area contributed by atoms with Gasteiger partial charge in [-0.2, -0.15) is 0 Å². The standard InChI is InChI=1S/C16H21N3O3S/c1-4-5-11(2)17-14(20)10-23-16-19-18-15(22-16)12-6-8-13(21-3)9-7-12/h6-9,11H,4-5,10H2,1-3H3,(H,17,20)/t11-/m0/s1. The van der Waals surface area contributed by atoms with E-state index in [1.165, 1.54) is 11.8 Å². The molecule has 1 aromatic carbocycles. The molecule has 0 radical (unpaired) electrons. The smallest absolute Gasteiger partial charge is 0.277 e. The van der Waals surface area contributed by atoms with Gasteiger partial charge in [-0.1, -0.05) is 25.1 Å². The van der Waals surface area contributed by atoms with Crippen molar-refractivity contribution in [2.45, 2.75) is 38.0 Å². The quantitative estimate of drug-likeness (QED) is 0.747. The Balaban J connectivity index is 1.88. The Hall–Kier alpha value is -2.02. The van der Waals surface area contributed by atoms with E-state index in [4.69, 9.17) is 9.15 Å². The summed E-state index contributed by atoms with van der Waals surface area (Å²) in [6, 6.07) is 7.54. The number of aromatic nitrogens is 2. The van der Waals surface area contributed by atoms with Gasteiger partial charge in [0.1, 0.15) is 5.75 Å². The van der Waals surface area contributed by atoms with Crippen LogP contribution >= 0.6 is 11.8 Å². The predicted molar refractivity (Wildman–Crippen MR) is 89.5 cm³/mol. The van der Waals surface area contributed by atoms with Crippen LogP contribution in [0.4, 0.5) is 0 Å². The van der Waals surface area contributed by atoms with Gasteiger partial charge in [-0.15, -0.1) is 10.2 Å². The van der Waals surface area contributed by atoms with Crippen LogP contribution in [0.25, 0.3) is 11.5 Å². The Morgan fingerprint density at radius 2 is 2.09 bits per heavy atom. The Labute approximate surface area is 140 Å². The van der Waals surface area contributed by atoms with E-state index in [1.807, 2.05) is 31.2 Å². The van der Waals surface area contributed by atoms with E-state index < -0.39 is 0 Å². The van der Waals surface area contributed by atoms with Crippen LogP contribution in [0.5, 0.6) is 5.75 Å². The van der Waals surface area contributed by atoms with Crippen LogP contribution in [0.15, 0.2) is 33.9 Å². The zero-order valence-corrected chi connectivity index (χ0v) is 14.4. The lowest BCUT2D eigenvalue weighted by molar-refractivity contribution is -0.119. The van der Waals surface area contributed by atoms with Gasteiger partial charge >= 0.3 is 0 Å². The van der Waals surface area contributed by atoms with Crippen molar-refractivity contribution in [3.05, 3.63) is 24.3 Å². The molecule has 23 heavy (non-hydrogen) atoms. The number of methoxy groups -OCH3 is 1. The molecular formula is C16H21N3O3S. The molecule has 0 aliphatic rings. The monoisotopic (exact) mass is 335 g/mol. The first kappa shape index (κ1) is 17.3. The number of hydrogen-bond donors (Lipinski definition) is 1. The zero-order valence-electron chi connectivity index (χ0n) is 13.5. The summed E-state index contributed by atoms with van der Waals surface area (Å²) >= 11 is 1.23. The Morgan fingerprint density at radius 3 is 2.74 bits per heavy atom. The van der Waals surface area contributed by atoms with E-state index in [2.05, 4.69) is 22.4 Å². The number of ether oxygens (including phenoxy) is 1. The fourth-order valence-electron chi connectivity index (χ4n) is 2.07. The SMILES string of the molecule is CCC[C@H](C)NC(=O)CSc1nnc(-c2ccc(OC)cc2)o1. The van der Waals surface area contributed by atoms with Crippen LogP contribution in [0.2, 0.25) is 0 Å². The summed E-state index contributed by atoms with van der Waals surface area (Å²) in [4.78, 5) is 11.8. The number of nitrogens with zero attached hydrogens (tertiary/aromatic N) is 2. The van der Waals surface area contributed by atoms with Gasteiger partial charge < -0.3 is 14.5 Å². The molecule has 2 rings (SSSR count). The van der Waals surface area contributed by atoms with Gasteiger partial charge in [0.15, 0.2) is 0 Å². The Bertz CT molecular complexity index is 628. The van der Waals surface area contributed by atoms with Gasteiger partial charge in [-0.3, -0.25) is 4.79 Å². The highest BCUT2D eigenvalue weighted by atomic mass is 32.2. The third kappa shape index (κ3) is 5.28. The predicted octanol–water partition coefficient (Wildman–Crippen LogP) is 3.14. The van der Waals surface area contributed by atoms with E-state index in [1.54, 1.807) is 7.11 Å². The van der Waals surface area contributed by atoms with Crippen molar-refractivity contribution in [3.63, 3.8) is 0 Å². The number of nitrogens with one attached hydrogen (secondary N) is 1. The first-order valence-corrected chi connectivity index (χ1v) is 8.51. The van der Waals surface area contributed by atoms with Gasteiger partial charge in [0.05, 0.1) is 12.9 Å². The average molecular weight is 335 g/mol. The molecule has 1 N–H and O–H groups in total. The first-order chi connectivity index (χ1) is 11.1. The maximum atomic E-state index is 11.8. The van der Waals surface area contributed by atoms with Gasteiger partial charge in [0.25, 0.3) is 5.22 Å². The van der Waals surface area contributed by atoms with Gasteiger partial charge in [-0.05, 0) is 37.6 Å². The molecule has 0 saturated carbocycles. The first-order valence-electron chi connectivity index (χ1n) is 7.52. The van der Waals surface area contributed by atoms with Crippen LogP contribution in [-0.2, 0) is 4.79 Å². The van der Waals surface area contributed by atoms with Crippen molar-refractivity contribution in [1.29, 1.82) is 0 Å². The minimum absolute atomic E-state index is 0.0276. The highest BCUT2D eigenvalue weighted by molar-refractivity contribution is 7.99. The zero-order chi connectivity index (χ0) is 16.7. The molecular weight excluding hydrogens is 314 g/mol. The summed E-state index contributed by atoms with van der Waals surface area (Å²) in [6.07, 6.45) is 2.02. The molecule has 2 aromatic rings. The van der Waals surface area contributed by atoms with Crippen molar-refractivity contribution < 1.29 is 13.9 Å². The second kappa shape index (κ2) is 8.57. The van der Waals surface area contributed by atoms with Crippen LogP contribution in [0, 0.1) is 0 Å². The highest BCUT2D eigenvalue weighted by Crippen LogP contribution is 2.24. The molecule has 0 unspecified atom stereocenters. The van der Waals surface area contributed by atoms with Crippen molar-refractivity contribution in [1.82, 2.24) is 15.5 Å². The van der Waals surface area contributed by atoms with Crippen LogP contribution in [-0.4, -0.2) is 35.0 Å². The fraction of sp³-hybridized carbons (Fsp3) is 0.438. The third-order valence-corrected chi connectivity index (χ3v) is 4.02. The number of rotatable bonds is 8. The number of amides is 1. The molecule has 124 valence electrons. The van der Waals surface area contributed by atoms with E-state index in [0.29, 0.717) is 11.1 Å². The lowest BCUT2D eigenvalue weighted by atomic mass is 10.2. The lowest BCUT2D eigenvalue weighted by Gasteiger charge is -2.11. The molecule has 6 nitrogen and oxygen atoms in total. The van der Waals surface area contributed by atoms with Crippen molar-refractivity contribution in [3.8, 4) is 17.2 Å². The summed E-state index contributed by atoms with van der Waals surface area (Å²) < 4.78 is 10.7. The van der Waals surface area contributed by atoms with E-state index >= 15 is 0 Å². The Morgan fingerprint density at radius 1 is 1.35 bits per heavy atom. The van der Waals surface area contributed by atoms with Crippen LogP contribution in [0.1, 0.15) is 26.7 Å². The summed E-state index contributed by atoms with van der Waals surface area (Å²) in [5.41, 5.74) is 0.811. The lowest BCUT2D eigenvalue weighted by Crippen LogP contribution is -2.33. The summed E-state index contributed by atoms with van der Waals surface area (Å²) in [6.45, 7) is 4.09. The van der Waals surface area contributed by atoms with E-state index in [0.717, 1.165) is 24.2 Å². The van der Waals surface area contributed by atoms with Crippen molar-refractivity contribution in [2.75, 3.05) is 12.9 Å². The molecule has 0 aliphatic heterocycles. The molecule has 0 aliphatic carbocycles. The molecule has 0 spiro atoms. The topological polar surface area (TPSA) is 77.2 Å². The third-order valence-electron chi connectivity index (χ3n) is 3.20. The molecule has 7 heteroatoms. The Kier molecular flexibility index (Phi) is 6.46. The van der Waals surface area contributed by atoms with Crippen LogP contribution < -0.4 is 10.1 Å². The molecule has 1 aromatic heterocycles. The number of thioether (sulfide) groups is 1. The van der Waals surface area contributed by atoms with E-state index in [9.17, 15) is 4.79 Å². The van der Waals surface area contributed by atoms with Crippen molar-refractivity contribution in [2.24, 2.45) is 0 Å². The molecule has 0 saturated heterocycles. The normalized spacial score (nSPS) is 12.0. The average Bonchev–Trinajstić information content (AvgIpc) is 3.02. The van der Waals surface area contributed by atoms with E-state index in [-0.39, 0.29) is 17.7 Å². The number of benzene rings is 1. The number of carbonyl (C=O) groups excluding carboxylic acids is 1. The van der Waals surface area contributed by atoms with Gasteiger partial charge in [0, 0.05) is 11.6 Å². The number of hydrogen-bond acceptors (Lipinski definition) is 6. The minimum Gasteiger partial charge on any atom is -0.497 e. The fourth-order valence-corrected chi connectivity index (χ4v) is 2.64. The maximum absolute atomic E-state index is 11.8. The summed E-state index contributed by atoms with van der Waals surface area (Å²) in [5.74, 6) is 1.42. The molecule has 0 bridgehead atoms.